The molecule has 8 heteroatoms. The van der Waals surface area contributed by atoms with Crippen molar-refractivity contribution in [3.05, 3.63) is 65.3 Å². The van der Waals surface area contributed by atoms with E-state index < -0.39 is 0 Å². The smallest absolute Gasteiger partial charge is 0.271 e. The molecule has 8 nitrogen and oxygen atoms in total. The first kappa shape index (κ1) is 20.7. The molecular formula is C23H25N5O3. The third-order valence-electron chi connectivity index (χ3n) is 5.55. The number of pyridine rings is 1. The maximum Gasteiger partial charge on any atom is 0.271 e. The van der Waals surface area contributed by atoms with Gasteiger partial charge in [0, 0.05) is 38.7 Å². The Morgan fingerprint density at radius 2 is 1.74 bits per heavy atom. The highest BCUT2D eigenvalue weighted by atomic mass is 16.5. The van der Waals surface area contributed by atoms with Crippen LogP contribution in [0.25, 0.3) is 11.4 Å². The Bertz CT molecular complexity index is 1090. The molecule has 0 N–H and O–H groups in total. The normalized spacial score (nSPS) is 14.5. The summed E-state index contributed by atoms with van der Waals surface area (Å²) in [6.45, 7) is 2.96. The van der Waals surface area contributed by atoms with Crippen LogP contribution in [0.4, 0.5) is 0 Å². The van der Waals surface area contributed by atoms with Crippen molar-refractivity contribution in [1.82, 2.24) is 24.9 Å². The molecule has 0 spiro atoms. The molecule has 2 aromatic heterocycles. The summed E-state index contributed by atoms with van der Waals surface area (Å²) < 4.78 is 5.50. The molecule has 1 aliphatic heterocycles. The van der Waals surface area contributed by atoms with E-state index in [9.17, 15) is 9.59 Å². The summed E-state index contributed by atoms with van der Waals surface area (Å²) in [5, 5.41) is 4.10. The third kappa shape index (κ3) is 4.33. The van der Waals surface area contributed by atoms with Gasteiger partial charge in [-0.1, -0.05) is 35.5 Å². The lowest BCUT2D eigenvalue weighted by Gasteiger charge is -2.30. The molecule has 3 aromatic rings. The standard InChI is InChI=1S/C23H25N5O3/c1-15-18(9-10-19(24-15)23(30)27(2)3)22(29)28-13-11-17(12-14-28)21-25-20(26-31-21)16-7-5-4-6-8-16/h4-10,17H,11-14H2,1-3H3. The maximum atomic E-state index is 13.0. The number of amides is 2. The molecule has 3 heterocycles. The van der Waals surface area contributed by atoms with E-state index in [1.807, 2.05) is 35.2 Å². The van der Waals surface area contributed by atoms with Crippen molar-refractivity contribution < 1.29 is 14.1 Å². The second-order valence-corrected chi connectivity index (χ2v) is 7.92. The summed E-state index contributed by atoms with van der Waals surface area (Å²) in [6.07, 6.45) is 1.51. The quantitative estimate of drug-likeness (QED) is 0.645. The van der Waals surface area contributed by atoms with Gasteiger partial charge in [0.1, 0.15) is 5.69 Å². The van der Waals surface area contributed by atoms with Crippen LogP contribution < -0.4 is 0 Å². The number of hydrogen-bond donors (Lipinski definition) is 0. The number of nitrogens with zero attached hydrogens (tertiary/aromatic N) is 5. The Morgan fingerprint density at radius 3 is 2.39 bits per heavy atom. The Balaban J connectivity index is 1.40. The molecule has 0 saturated carbocycles. The van der Waals surface area contributed by atoms with Crippen LogP contribution >= 0.6 is 0 Å². The summed E-state index contributed by atoms with van der Waals surface area (Å²) in [5.74, 6) is 1.09. The van der Waals surface area contributed by atoms with E-state index in [0.29, 0.717) is 41.8 Å². The molecule has 160 valence electrons. The van der Waals surface area contributed by atoms with Gasteiger partial charge in [-0.05, 0) is 31.9 Å². The molecule has 1 saturated heterocycles. The highest BCUT2D eigenvalue weighted by molar-refractivity contribution is 5.97. The number of hydrogen-bond acceptors (Lipinski definition) is 6. The van der Waals surface area contributed by atoms with Crippen molar-refractivity contribution in [1.29, 1.82) is 0 Å². The van der Waals surface area contributed by atoms with Crippen LogP contribution in [0.3, 0.4) is 0 Å². The summed E-state index contributed by atoms with van der Waals surface area (Å²) >= 11 is 0. The number of aromatic nitrogens is 3. The van der Waals surface area contributed by atoms with E-state index in [2.05, 4.69) is 15.1 Å². The van der Waals surface area contributed by atoms with E-state index in [4.69, 9.17) is 4.52 Å². The number of likely N-dealkylation sites (tertiary alicyclic amines) is 1. The predicted molar refractivity (Wildman–Crippen MR) is 115 cm³/mol. The fourth-order valence-corrected chi connectivity index (χ4v) is 3.74. The van der Waals surface area contributed by atoms with Gasteiger partial charge in [0.05, 0.1) is 11.3 Å². The number of carbonyl (C=O) groups excluding carboxylic acids is 2. The van der Waals surface area contributed by atoms with Crippen molar-refractivity contribution in [3.8, 4) is 11.4 Å². The van der Waals surface area contributed by atoms with Crippen LogP contribution in [0, 0.1) is 6.92 Å². The summed E-state index contributed by atoms with van der Waals surface area (Å²) in [6, 6.07) is 13.0. The number of piperidine rings is 1. The highest BCUT2D eigenvalue weighted by Crippen LogP contribution is 2.29. The lowest BCUT2D eigenvalue weighted by Crippen LogP contribution is -2.38. The van der Waals surface area contributed by atoms with Crippen LogP contribution in [-0.2, 0) is 0 Å². The Hall–Kier alpha value is -3.55. The van der Waals surface area contributed by atoms with Crippen molar-refractivity contribution in [3.63, 3.8) is 0 Å². The molecule has 0 bridgehead atoms. The lowest BCUT2D eigenvalue weighted by molar-refractivity contribution is 0.0702. The van der Waals surface area contributed by atoms with Gasteiger partial charge >= 0.3 is 0 Å². The Kier molecular flexibility index (Phi) is 5.79. The molecule has 4 rings (SSSR count). The summed E-state index contributed by atoms with van der Waals surface area (Å²) in [5.41, 5.74) is 2.34. The molecule has 0 atom stereocenters. The van der Waals surface area contributed by atoms with Gasteiger partial charge in [0.15, 0.2) is 0 Å². The fourth-order valence-electron chi connectivity index (χ4n) is 3.74. The van der Waals surface area contributed by atoms with Crippen molar-refractivity contribution in [2.75, 3.05) is 27.2 Å². The van der Waals surface area contributed by atoms with E-state index in [-0.39, 0.29) is 17.7 Å². The SMILES string of the molecule is Cc1nc(C(=O)N(C)C)ccc1C(=O)N1CCC(c2nc(-c3ccccc3)no2)CC1. The zero-order valence-electron chi connectivity index (χ0n) is 17.9. The summed E-state index contributed by atoms with van der Waals surface area (Å²) in [7, 11) is 3.35. The average molecular weight is 419 g/mol. The van der Waals surface area contributed by atoms with Crippen molar-refractivity contribution in [2.45, 2.75) is 25.7 Å². The van der Waals surface area contributed by atoms with E-state index in [1.165, 1.54) is 4.90 Å². The Labute approximate surface area is 180 Å². The molecule has 1 fully saturated rings. The number of carbonyl (C=O) groups is 2. The van der Waals surface area contributed by atoms with Crippen molar-refractivity contribution in [2.24, 2.45) is 0 Å². The van der Waals surface area contributed by atoms with E-state index >= 15 is 0 Å². The average Bonchev–Trinajstić information content (AvgIpc) is 3.29. The Morgan fingerprint density at radius 1 is 1.03 bits per heavy atom. The molecular weight excluding hydrogens is 394 g/mol. The first-order chi connectivity index (χ1) is 14.9. The van der Waals surface area contributed by atoms with Gasteiger partial charge in [0.25, 0.3) is 11.8 Å². The molecule has 0 unspecified atom stereocenters. The molecule has 0 aliphatic carbocycles. The third-order valence-corrected chi connectivity index (χ3v) is 5.55. The zero-order valence-corrected chi connectivity index (χ0v) is 17.9. The van der Waals surface area contributed by atoms with Gasteiger partial charge in [-0.15, -0.1) is 0 Å². The van der Waals surface area contributed by atoms with Crippen LogP contribution in [0.5, 0.6) is 0 Å². The minimum atomic E-state index is -0.183. The fraction of sp³-hybridized carbons (Fsp3) is 0.348. The molecule has 1 aliphatic rings. The molecule has 0 radical (unpaired) electrons. The van der Waals surface area contributed by atoms with Gasteiger partial charge in [-0.25, -0.2) is 4.98 Å². The van der Waals surface area contributed by atoms with Crippen LogP contribution in [0.15, 0.2) is 47.0 Å². The van der Waals surface area contributed by atoms with Crippen LogP contribution in [0.1, 0.15) is 51.2 Å². The van der Waals surface area contributed by atoms with Crippen LogP contribution in [0.2, 0.25) is 0 Å². The summed E-state index contributed by atoms with van der Waals surface area (Å²) in [4.78, 5) is 37.3. The first-order valence-corrected chi connectivity index (χ1v) is 10.3. The molecule has 31 heavy (non-hydrogen) atoms. The topological polar surface area (TPSA) is 92.4 Å². The molecule has 2 amide bonds. The first-order valence-electron chi connectivity index (χ1n) is 10.3. The van der Waals surface area contributed by atoms with E-state index in [0.717, 1.165) is 18.4 Å². The maximum absolute atomic E-state index is 13.0. The van der Waals surface area contributed by atoms with Gasteiger partial charge < -0.3 is 14.3 Å². The van der Waals surface area contributed by atoms with Crippen molar-refractivity contribution >= 4 is 11.8 Å². The van der Waals surface area contributed by atoms with Gasteiger partial charge in [-0.3, -0.25) is 9.59 Å². The monoisotopic (exact) mass is 419 g/mol. The number of benzene rings is 1. The predicted octanol–water partition coefficient (Wildman–Crippen LogP) is 3.16. The number of aryl methyl sites for hydroxylation is 1. The lowest BCUT2D eigenvalue weighted by atomic mass is 9.96. The minimum absolute atomic E-state index is 0.0668. The second kappa shape index (κ2) is 8.67. The minimum Gasteiger partial charge on any atom is -0.343 e. The largest absolute Gasteiger partial charge is 0.343 e. The van der Waals surface area contributed by atoms with Gasteiger partial charge in [0.2, 0.25) is 11.7 Å². The highest BCUT2D eigenvalue weighted by Gasteiger charge is 2.29. The number of rotatable bonds is 4. The van der Waals surface area contributed by atoms with E-state index in [1.54, 1.807) is 33.2 Å². The van der Waals surface area contributed by atoms with Gasteiger partial charge in [-0.2, -0.15) is 4.98 Å². The molecule has 1 aromatic carbocycles. The zero-order chi connectivity index (χ0) is 22.0. The van der Waals surface area contributed by atoms with Crippen LogP contribution in [-0.4, -0.2) is 63.9 Å². The second-order valence-electron chi connectivity index (χ2n) is 7.92.